The summed E-state index contributed by atoms with van der Waals surface area (Å²) in [5.41, 5.74) is 5.81. The van der Waals surface area contributed by atoms with E-state index < -0.39 is 0 Å². The van der Waals surface area contributed by atoms with Gasteiger partial charge in [-0.25, -0.2) is 0 Å². The highest BCUT2D eigenvalue weighted by Gasteiger charge is 2.37. The lowest BCUT2D eigenvalue weighted by atomic mass is 9.86. The van der Waals surface area contributed by atoms with E-state index in [9.17, 15) is 0 Å². The Morgan fingerprint density at radius 3 is 3.06 bits per heavy atom. The van der Waals surface area contributed by atoms with Crippen LogP contribution in [0, 0.1) is 5.92 Å². The maximum Gasteiger partial charge on any atom is 0.124 e. The van der Waals surface area contributed by atoms with Crippen LogP contribution in [0.1, 0.15) is 18.0 Å². The van der Waals surface area contributed by atoms with Gasteiger partial charge in [-0.3, -0.25) is 0 Å². The number of benzene rings is 1. The largest absolute Gasteiger partial charge is 0.496 e. The van der Waals surface area contributed by atoms with E-state index >= 15 is 0 Å². The number of nitrogens with zero attached hydrogens (tertiary/aromatic N) is 2. The van der Waals surface area contributed by atoms with Crippen molar-refractivity contribution in [1.29, 1.82) is 0 Å². The molecule has 2 aliphatic heterocycles. The molecule has 1 aromatic rings. The molecule has 1 saturated heterocycles. The van der Waals surface area contributed by atoms with Crippen molar-refractivity contribution in [2.45, 2.75) is 12.5 Å². The van der Waals surface area contributed by atoms with Gasteiger partial charge in [0.05, 0.1) is 13.2 Å². The molecule has 0 aliphatic carbocycles. The highest BCUT2D eigenvalue weighted by Crippen LogP contribution is 2.36. The van der Waals surface area contributed by atoms with Crippen LogP contribution in [0.4, 0.5) is 0 Å². The van der Waals surface area contributed by atoms with Crippen molar-refractivity contribution in [3.8, 4) is 5.75 Å². The monoisotopic (exact) mass is 245 g/mol. The Morgan fingerprint density at radius 2 is 2.22 bits per heavy atom. The number of rotatable bonds is 2. The summed E-state index contributed by atoms with van der Waals surface area (Å²) in [5.74, 6) is 1.42. The van der Waals surface area contributed by atoms with Gasteiger partial charge in [0.25, 0.3) is 0 Å². The Hall–Kier alpha value is -1.55. The van der Waals surface area contributed by atoms with Gasteiger partial charge >= 0.3 is 0 Å². The van der Waals surface area contributed by atoms with Crippen LogP contribution in [0.3, 0.4) is 0 Å². The van der Waals surface area contributed by atoms with Gasteiger partial charge in [0.1, 0.15) is 5.75 Å². The summed E-state index contributed by atoms with van der Waals surface area (Å²) >= 11 is 0. The van der Waals surface area contributed by atoms with Gasteiger partial charge in [-0.15, -0.1) is 0 Å². The van der Waals surface area contributed by atoms with Crippen LogP contribution in [0.25, 0.3) is 0 Å². The second-order valence-corrected chi connectivity index (χ2v) is 5.07. The van der Waals surface area contributed by atoms with Gasteiger partial charge < -0.3 is 15.1 Å². The van der Waals surface area contributed by atoms with E-state index in [0.717, 1.165) is 25.3 Å². The van der Waals surface area contributed by atoms with Crippen molar-refractivity contribution in [3.05, 3.63) is 29.8 Å². The molecule has 0 amide bonds. The minimum Gasteiger partial charge on any atom is -0.496 e. The molecule has 4 nitrogen and oxygen atoms in total. The Morgan fingerprint density at radius 1 is 1.39 bits per heavy atom. The minimum absolute atomic E-state index is 0.249. The average molecular weight is 245 g/mol. The molecule has 18 heavy (non-hydrogen) atoms. The highest BCUT2D eigenvalue weighted by atomic mass is 16.5. The number of hydrogen-bond acceptors (Lipinski definition) is 4. The van der Waals surface area contributed by atoms with Crippen LogP contribution in [0.5, 0.6) is 5.75 Å². The third-order valence-corrected chi connectivity index (χ3v) is 3.91. The lowest BCUT2D eigenvalue weighted by Gasteiger charge is -2.31. The SMILES string of the molecule is COc1ccccc1C1NN=C2CCN(C)CC21. The molecule has 0 aromatic heterocycles. The maximum atomic E-state index is 5.46. The summed E-state index contributed by atoms with van der Waals surface area (Å²) in [4.78, 5) is 2.37. The second kappa shape index (κ2) is 4.61. The van der Waals surface area contributed by atoms with Gasteiger partial charge in [0, 0.05) is 36.7 Å². The number of hydrogen-bond donors (Lipinski definition) is 1. The Bertz CT molecular complexity index is 472. The Kier molecular flexibility index (Phi) is 2.96. The first-order valence-electron chi connectivity index (χ1n) is 6.43. The van der Waals surface area contributed by atoms with Gasteiger partial charge in [-0.1, -0.05) is 18.2 Å². The normalized spacial score (nSPS) is 27.3. The lowest BCUT2D eigenvalue weighted by molar-refractivity contribution is 0.270. The molecule has 0 saturated carbocycles. The third kappa shape index (κ3) is 1.86. The van der Waals surface area contributed by atoms with Crippen molar-refractivity contribution in [1.82, 2.24) is 10.3 Å². The molecule has 0 bridgehead atoms. The van der Waals surface area contributed by atoms with Crippen molar-refractivity contribution >= 4 is 5.71 Å². The molecule has 2 aliphatic rings. The van der Waals surface area contributed by atoms with Crippen LogP contribution in [-0.4, -0.2) is 37.9 Å². The first kappa shape index (κ1) is 11.5. The molecule has 0 radical (unpaired) electrons. The quantitative estimate of drug-likeness (QED) is 0.860. The van der Waals surface area contributed by atoms with Crippen LogP contribution >= 0.6 is 0 Å². The zero-order chi connectivity index (χ0) is 12.5. The van der Waals surface area contributed by atoms with Crippen molar-refractivity contribution in [3.63, 3.8) is 0 Å². The number of nitrogens with one attached hydrogen (secondary N) is 1. The highest BCUT2D eigenvalue weighted by molar-refractivity contribution is 5.90. The number of likely N-dealkylation sites (tertiary alicyclic amines) is 1. The summed E-state index contributed by atoms with van der Waals surface area (Å²) in [7, 11) is 3.90. The molecule has 4 heteroatoms. The van der Waals surface area contributed by atoms with Crippen LogP contribution in [0.2, 0.25) is 0 Å². The van der Waals surface area contributed by atoms with Crippen LogP contribution in [-0.2, 0) is 0 Å². The second-order valence-electron chi connectivity index (χ2n) is 5.07. The lowest BCUT2D eigenvalue weighted by Crippen LogP contribution is -2.39. The van der Waals surface area contributed by atoms with Gasteiger partial charge in [0.15, 0.2) is 0 Å². The molecule has 96 valence electrons. The molecule has 0 spiro atoms. The third-order valence-electron chi connectivity index (χ3n) is 3.91. The topological polar surface area (TPSA) is 36.9 Å². The standard InChI is InChI=1S/C14H19N3O/c1-17-8-7-12-11(9-17)14(16-15-12)10-5-3-4-6-13(10)18-2/h3-6,11,14,16H,7-9H2,1-2H3. The Balaban J connectivity index is 1.89. The van der Waals surface area contributed by atoms with Crippen molar-refractivity contribution in [2.24, 2.45) is 11.0 Å². The number of ether oxygens (including phenoxy) is 1. The van der Waals surface area contributed by atoms with Gasteiger partial charge in [0.2, 0.25) is 0 Å². The average Bonchev–Trinajstić information content (AvgIpc) is 2.81. The number of hydrazone groups is 1. The van der Waals surface area contributed by atoms with E-state index in [0.29, 0.717) is 5.92 Å². The van der Waals surface area contributed by atoms with Crippen molar-refractivity contribution in [2.75, 3.05) is 27.2 Å². The number of methoxy groups -OCH3 is 1. The minimum atomic E-state index is 0.249. The summed E-state index contributed by atoms with van der Waals surface area (Å²) < 4.78 is 5.46. The van der Waals surface area contributed by atoms with Crippen LogP contribution in [0.15, 0.2) is 29.4 Å². The fraction of sp³-hybridized carbons (Fsp3) is 0.500. The molecule has 3 rings (SSSR count). The fourth-order valence-corrected chi connectivity index (χ4v) is 2.91. The van der Waals surface area contributed by atoms with E-state index in [2.05, 4.69) is 34.6 Å². The molecule has 1 fully saturated rings. The first-order chi connectivity index (χ1) is 8.79. The zero-order valence-electron chi connectivity index (χ0n) is 10.9. The fourth-order valence-electron chi connectivity index (χ4n) is 2.91. The Labute approximate surface area is 108 Å². The summed E-state index contributed by atoms with van der Waals surface area (Å²) in [6, 6.07) is 8.46. The number of fused-ring (bicyclic) bond motifs is 1. The van der Waals surface area contributed by atoms with E-state index in [4.69, 9.17) is 4.74 Å². The predicted octanol–water partition coefficient (Wildman–Crippen LogP) is 1.65. The van der Waals surface area contributed by atoms with E-state index in [1.54, 1.807) is 7.11 Å². The predicted molar refractivity (Wildman–Crippen MR) is 71.9 cm³/mol. The molecular weight excluding hydrogens is 226 g/mol. The van der Waals surface area contributed by atoms with E-state index in [-0.39, 0.29) is 6.04 Å². The molecule has 2 atom stereocenters. The molecular formula is C14H19N3O. The zero-order valence-corrected chi connectivity index (χ0v) is 10.9. The van der Waals surface area contributed by atoms with Crippen molar-refractivity contribution < 1.29 is 4.74 Å². The summed E-state index contributed by atoms with van der Waals surface area (Å²) in [6.45, 7) is 2.17. The van der Waals surface area contributed by atoms with E-state index in [1.807, 2.05) is 12.1 Å². The number of para-hydroxylation sites is 1. The summed E-state index contributed by atoms with van der Waals surface area (Å²) in [5, 5.41) is 4.51. The maximum absolute atomic E-state index is 5.46. The first-order valence-corrected chi connectivity index (χ1v) is 6.43. The van der Waals surface area contributed by atoms with Crippen LogP contribution < -0.4 is 10.2 Å². The number of piperidine rings is 1. The molecule has 1 N–H and O–H groups in total. The molecule has 2 heterocycles. The smallest absolute Gasteiger partial charge is 0.124 e. The molecule has 2 unspecified atom stereocenters. The van der Waals surface area contributed by atoms with Gasteiger partial charge in [-0.2, -0.15) is 5.10 Å². The summed E-state index contributed by atoms with van der Waals surface area (Å²) in [6.07, 6.45) is 1.07. The van der Waals surface area contributed by atoms with Gasteiger partial charge in [-0.05, 0) is 13.1 Å². The van der Waals surface area contributed by atoms with E-state index in [1.165, 1.54) is 11.3 Å². The molecule has 1 aromatic carbocycles.